The SMILES string of the molecule is CC(C)n1nc(O[C@@H]2O[C@H](CO)[C@@H](O)[C@H](O)[C@H]2O)c2c(-c3cccc(O)c3)cccc21. The van der Waals surface area contributed by atoms with Crippen LogP contribution in [0.2, 0.25) is 0 Å². The van der Waals surface area contributed by atoms with Gasteiger partial charge in [-0.3, -0.25) is 4.68 Å². The molecular weight excluding hydrogens is 404 g/mol. The van der Waals surface area contributed by atoms with Crippen LogP contribution in [0, 0.1) is 0 Å². The molecule has 5 N–H and O–H groups in total. The largest absolute Gasteiger partial charge is 0.508 e. The lowest BCUT2D eigenvalue weighted by Gasteiger charge is -2.39. The fourth-order valence-electron chi connectivity index (χ4n) is 3.82. The van der Waals surface area contributed by atoms with E-state index in [2.05, 4.69) is 5.10 Å². The van der Waals surface area contributed by atoms with Gasteiger partial charge in [-0.2, -0.15) is 0 Å². The first-order valence-electron chi connectivity index (χ1n) is 10.1. The van der Waals surface area contributed by atoms with Gasteiger partial charge in [0.1, 0.15) is 30.2 Å². The van der Waals surface area contributed by atoms with Gasteiger partial charge in [-0.15, -0.1) is 5.10 Å². The maximum atomic E-state index is 10.4. The van der Waals surface area contributed by atoms with E-state index < -0.39 is 37.3 Å². The van der Waals surface area contributed by atoms with Crippen LogP contribution < -0.4 is 4.74 Å². The van der Waals surface area contributed by atoms with E-state index in [0.717, 1.165) is 16.6 Å². The Bertz CT molecular complexity index is 1070. The van der Waals surface area contributed by atoms with Crippen molar-refractivity contribution in [1.82, 2.24) is 9.78 Å². The molecule has 1 fully saturated rings. The van der Waals surface area contributed by atoms with E-state index in [1.165, 1.54) is 0 Å². The van der Waals surface area contributed by atoms with E-state index in [1.54, 1.807) is 22.9 Å². The first-order valence-corrected chi connectivity index (χ1v) is 10.1. The highest BCUT2D eigenvalue weighted by Crippen LogP contribution is 2.38. The minimum atomic E-state index is -1.56. The number of rotatable bonds is 5. The average molecular weight is 430 g/mol. The van der Waals surface area contributed by atoms with Crippen molar-refractivity contribution in [3.8, 4) is 22.8 Å². The number of phenolic OH excluding ortho intramolecular Hbond substituents is 1. The molecule has 31 heavy (non-hydrogen) atoms. The lowest BCUT2D eigenvalue weighted by Crippen LogP contribution is -2.60. The number of hydrogen-bond acceptors (Lipinski definition) is 8. The minimum Gasteiger partial charge on any atom is -0.508 e. The van der Waals surface area contributed by atoms with Gasteiger partial charge in [0.25, 0.3) is 0 Å². The van der Waals surface area contributed by atoms with Crippen LogP contribution in [0.25, 0.3) is 22.0 Å². The molecule has 9 nitrogen and oxygen atoms in total. The number of aromatic nitrogens is 2. The summed E-state index contributed by atoms with van der Waals surface area (Å²) in [5, 5.41) is 55.1. The van der Waals surface area contributed by atoms with Crippen LogP contribution in [-0.2, 0) is 4.74 Å². The number of benzene rings is 2. The summed E-state index contributed by atoms with van der Waals surface area (Å²) >= 11 is 0. The summed E-state index contributed by atoms with van der Waals surface area (Å²) in [6, 6.07) is 12.4. The zero-order valence-corrected chi connectivity index (χ0v) is 17.2. The van der Waals surface area contributed by atoms with Gasteiger partial charge in [0.05, 0.1) is 17.5 Å². The predicted molar refractivity (Wildman–Crippen MR) is 112 cm³/mol. The third kappa shape index (κ3) is 3.86. The molecule has 9 heteroatoms. The molecule has 0 bridgehead atoms. The smallest absolute Gasteiger partial charge is 0.243 e. The fraction of sp³-hybridized carbons (Fsp3) is 0.409. The number of fused-ring (bicyclic) bond motifs is 1. The molecule has 0 amide bonds. The normalized spacial score (nSPS) is 26.5. The summed E-state index contributed by atoms with van der Waals surface area (Å²) in [5.74, 6) is 0.272. The molecule has 166 valence electrons. The Hall–Kier alpha value is -2.69. The lowest BCUT2D eigenvalue weighted by atomic mass is 9.99. The summed E-state index contributed by atoms with van der Waals surface area (Å²) in [6.07, 6.45) is -7.03. The first-order chi connectivity index (χ1) is 14.8. The average Bonchev–Trinajstić information content (AvgIpc) is 3.13. The van der Waals surface area contributed by atoms with Crippen LogP contribution in [0.3, 0.4) is 0 Å². The molecule has 1 aliphatic heterocycles. The Morgan fingerprint density at radius 3 is 2.48 bits per heavy atom. The van der Waals surface area contributed by atoms with Crippen molar-refractivity contribution in [1.29, 1.82) is 0 Å². The Morgan fingerprint density at radius 1 is 1.06 bits per heavy atom. The van der Waals surface area contributed by atoms with E-state index in [0.29, 0.717) is 5.39 Å². The van der Waals surface area contributed by atoms with Crippen molar-refractivity contribution in [3.05, 3.63) is 42.5 Å². The standard InChI is InChI=1S/C22H26N2O7/c1-11(2)24-15-8-4-7-14(12-5-3-6-13(26)9-12)17(15)21(23-24)31-22-20(29)19(28)18(27)16(10-25)30-22/h3-9,11,16,18-20,22,25-29H,10H2,1-2H3/t16-,18-,19+,20-,22+/m1/s1. The maximum absolute atomic E-state index is 10.4. The summed E-state index contributed by atoms with van der Waals surface area (Å²) in [5.41, 5.74) is 2.27. The second-order valence-electron chi connectivity index (χ2n) is 7.91. The topological polar surface area (TPSA) is 137 Å². The Kier molecular flexibility index (Phi) is 5.87. The first kappa shape index (κ1) is 21.5. The molecule has 0 spiro atoms. The number of aliphatic hydroxyl groups excluding tert-OH is 4. The summed E-state index contributed by atoms with van der Waals surface area (Å²) in [6.45, 7) is 3.37. The van der Waals surface area contributed by atoms with Gasteiger partial charge in [-0.25, -0.2) is 0 Å². The van der Waals surface area contributed by atoms with Crippen molar-refractivity contribution in [2.24, 2.45) is 0 Å². The molecular formula is C22H26N2O7. The molecule has 0 unspecified atom stereocenters. The van der Waals surface area contributed by atoms with Crippen molar-refractivity contribution >= 4 is 10.9 Å². The molecule has 1 saturated heterocycles. The van der Waals surface area contributed by atoms with Gasteiger partial charge in [0.2, 0.25) is 12.2 Å². The van der Waals surface area contributed by atoms with E-state index in [4.69, 9.17) is 9.47 Å². The van der Waals surface area contributed by atoms with E-state index in [9.17, 15) is 25.5 Å². The Balaban J connectivity index is 1.82. The number of ether oxygens (including phenoxy) is 2. The van der Waals surface area contributed by atoms with Crippen LogP contribution in [0.15, 0.2) is 42.5 Å². The molecule has 4 rings (SSSR count). The summed E-state index contributed by atoms with van der Waals surface area (Å²) < 4.78 is 13.2. The number of aliphatic hydroxyl groups is 4. The molecule has 0 aliphatic carbocycles. The third-order valence-electron chi connectivity index (χ3n) is 5.42. The molecule has 2 aromatic carbocycles. The second-order valence-corrected chi connectivity index (χ2v) is 7.91. The van der Waals surface area contributed by atoms with Gasteiger partial charge in [-0.1, -0.05) is 24.3 Å². The zero-order valence-electron chi connectivity index (χ0n) is 17.2. The fourth-order valence-corrected chi connectivity index (χ4v) is 3.82. The Morgan fingerprint density at radius 2 is 1.81 bits per heavy atom. The lowest BCUT2D eigenvalue weighted by molar-refractivity contribution is -0.278. The molecule has 1 aromatic heterocycles. The summed E-state index contributed by atoms with van der Waals surface area (Å²) in [4.78, 5) is 0. The number of aromatic hydroxyl groups is 1. The van der Waals surface area contributed by atoms with Crippen molar-refractivity contribution in [2.45, 2.75) is 50.6 Å². The second kappa shape index (κ2) is 8.45. The number of hydrogen-bond donors (Lipinski definition) is 5. The maximum Gasteiger partial charge on any atom is 0.243 e. The molecule has 0 saturated carbocycles. The number of phenols is 1. The van der Waals surface area contributed by atoms with Crippen LogP contribution in [0.4, 0.5) is 0 Å². The molecule has 1 aliphatic rings. The van der Waals surface area contributed by atoms with E-state index in [1.807, 2.05) is 38.1 Å². The van der Waals surface area contributed by atoms with E-state index in [-0.39, 0.29) is 17.7 Å². The van der Waals surface area contributed by atoms with Crippen molar-refractivity contribution < 1.29 is 35.0 Å². The van der Waals surface area contributed by atoms with Crippen LogP contribution in [0.1, 0.15) is 19.9 Å². The van der Waals surface area contributed by atoms with Gasteiger partial charge >= 0.3 is 0 Å². The van der Waals surface area contributed by atoms with Gasteiger partial charge in [0.15, 0.2) is 0 Å². The highest BCUT2D eigenvalue weighted by Gasteiger charge is 2.45. The summed E-state index contributed by atoms with van der Waals surface area (Å²) in [7, 11) is 0. The van der Waals surface area contributed by atoms with Crippen molar-refractivity contribution in [2.75, 3.05) is 6.61 Å². The highest BCUT2D eigenvalue weighted by molar-refractivity contribution is 5.99. The molecule has 0 radical (unpaired) electrons. The molecule has 2 heterocycles. The van der Waals surface area contributed by atoms with Crippen LogP contribution in [0.5, 0.6) is 11.6 Å². The highest BCUT2D eigenvalue weighted by atomic mass is 16.7. The number of nitrogens with zero attached hydrogens (tertiary/aromatic N) is 2. The zero-order chi connectivity index (χ0) is 22.3. The van der Waals surface area contributed by atoms with E-state index >= 15 is 0 Å². The van der Waals surface area contributed by atoms with Gasteiger partial charge < -0.3 is 35.0 Å². The molecule has 3 aromatic rings. The molecule has 5 atom stereocenters. The van der Waals surface area contributed by atoms with Gasteiger partial charge in [-0.05, 0) is 43.2 Å². The van der Waals surface area contributed by atoms with Crippen molar-refractivity contribution in [3.63, 3.8) is 0 Å². The Labute approximate surface area is 178 Å². The van der Waals surface area contributed by atoms with Crippen LogP contribution in [-0.4, -0.2) is 72.6 Å². The van der Waals surface area contributed by atoms with Crippen LogP contribution >= 0.6 is 0 Å². The monoisotopic (exact) mass is 430 g/mol. The minimum absolute atomic E-state index is 0.00548. The third-order valence-corrected chi connectivity index (χ3v) is 5.42. The van der Waals surface area contributed by atoms with Gasteiger partial charge in [0, 0.05) is 6.04 Å². The quantitative estimate of drug-likeness (QED) is 0.407. The predicted octanol–water partition coefficient (Wildman–Crippen LogP) is 1.17.